The van der Waals surface area contributed by atoms with Crippen LogP contribution in [0, 0.1) is 5.82 Å². The van der Waals surface area contributed by atoms with Gasteiger partial charge in [0.05, 0.1) is 0 Å². The minimum absolute atomic E-state index is 0.148. The molecule has 88 valence electrons. The van der Waals surface area contributed by atoms with Crippen molar-refractivity contribution in [2.24, 2.45) is 0 Å². The van der Waals surface area contributed by atoms with Crippen LogP contribution in [0.3, 0.4) is 0 Å². The third-order valence-electron chi connectivity index (χ3n) is 3.06. The Morgan fingerprint density at radius 2 is 2.12 bits per heavy atom. The van der Waals surface area contributed by atoms with Crippen molar-refractivity contribution in [3.63, 3.8) is 0 Å². The SMILES string of the molecule is CC(NC1CCSCC1)c1cccc(F)c1. The maximum atomic E-state index is 13.1. The zero-order chi connectivity index (χ0) is 11.4. The first-order valence-electron chi connectivity index (χ1n) is 5.85. The van der Waals surface area contributed by atoms with E-state index in [4.69, 9.17) is 0 Å². The van der Waals surface area contributed by atoms with E-state index in [2.05, 4.69) is 12.2 Å². The predicted molar refractivity (Wildman–Crippen MR) is 68.3 cm³/mol. The molecule has 1 atom stereocenters. The van der Waals surface area contributed by atoms with Gasteiger partial charge in [0.25, 0.3) is 0 Å². The minimum Gasteiger partial charge on any atom is -0.307 e. The summed E-state index contributed by atoms with van der Waals surface area (Å²) in [4.78, 5) is 0. The highest BCUT2D eigenvalue weighted by molar-refractivity contribution is 7.99. The van der Waals surface area contributed by atoms with E-state index in [-0.39, 0.29) is 11.9 Å². The molecule has 2 rings (SSSR count). The lowest BCUT2D eigenvalue weighted by Crippen LogP contribution is -2.34. The highest BCUT2D eigenvalue weighted by Crippen LogP contribution is 2.21. The Bertz CT molecular complexity index is 336. The number of rotatable bonds is 3. The van der Waals surface area contributed by atoms with Crippen molar-refractivity contribution >= 4 is 11.8 Å². The molecule has 1 N–H and O–H groups in total. The van der Waals surface area contributed by atoms with E-state index >= 15 is 0 Å². The van der Waals surface area contributed by atoms with Gasteiger partial charge >= 0.3 is 0 Å². The molecule has 3 heteroatoms. The summed E-state index contributed by atoms with van der Waals surface area (Å²) in [5, 5.41) is 3.58. The molecule has 1 unspecified atom stereocenters. The smallest absolute Gasteiger partial charge is 0.123 e. The summed E-state index contributed by atoms with van der Waals surface area (Å²) >= 11 is 2.02. The van der Waals surface area contributed by atoms with Gasteiger partial charge in [-0.3, -0.25) is 0 Å². The van der Waals surface area contributed by atoms with Gasteiger partial charge in [-0.05, 0) is 49.0 Å². The fourth-order valence-corrected chi connectivity index (χ4v) is 3.20. The fourth-order valence-electron chi connectivity index (χ4n) is 2.09. The van der Waals surface area contributed by atoms with E-state index in [1.165, 1.54) is 30.4 Å². The van der Waals surface area contributed by atoms with Gasteiger partial charge in [0, 0.05) is 12.1 Å². The molecule has 1 heterocycles. The molecular formula is C13H18FNS. The molecule has 1 aliphatic heterocycles. The molecule has 0 radical (unpaired) electrons. The summed E-state index contributed by atoms with van der Waals surface area (Å²) in [5.41, 5.74) is 1.04. The monoisotopic (exact) mass is 239 g/mol. The molecule has 0 saturated carbocycles. The Labute approximate surface area is 101 Å². The maximum absolute atomic E-state index is 13.1. The Kier molecular flexibility index (Phi) is 4.24. The van der Waals surface area contributed by atoms with E-state index in [0.29, 0.717) is 6.04 Å². The third-order valence-corrected chi connectivity index (χ3v) is 4.10. The Morgan fingerprint density at radius 3 is 2.81 bits per heavy atom. The second-order valence-electron chi connectivity index (χ2n) is 4.33. The highest BCUT2D eigenvalue weighted by Gasteiger charge is 2.16. The van der Waals surface area contributed by atoms with Crippen molar-refractivity contribution < 1.29 is 4.39 Å². The first kappa shape index (κ1) is 11.9. The lowest BCUT2D eigenvalue weighted by atomic mass is 10.1. The normalized spacial score (nSPS) is 19.6. The largest absolute Gasteiger partial charge is 0.307 e. The zero-order valence-electron chi connectivity index (χ0n) is 9.58. The van der Waals surface area contributed by atoms with Gasteiger partial charge in [0.1, 0.15) is 5.82 Å². The molecule has 0 aliphatic carbocycles. The number of benzene rings is 1. The van der Waals surface area contributed by atoms with E-state index < -0.39 is 0 Å². The molecule has 1 aliphatic rings. The van der Waals surface area contributed by atoms with Crippen LogP contribution in [0.1, 0.15) is 31.4 Å². The summed E-state index contributed by atoms with van der Waals surface area (Å²) in [6, 6.07) is 7.71. The van der Waals surface area contributed by atoms with E-state index in [1.54, 1.807) is 12.1 Å². The number of hydrogen-bond acceptors (Lipinski definition) is 2. The predicted octanol–water partition coefficient (Wildman–Crippen LogP) is 3.37. The molecule has 0 amide bonds. The van der Waals surface area contributed by atoms with Crippen LogP contribution in [-0.2, 0) is 0 Å². The van der Waals surface area contributed by atoms with E-state index in [1.807, 2.05) is 17.8 Å². The van der Waals surface area contributed by atoms with Crippen molar-refractivity contribution in [3.8, 4) is 0 Å². The molecule has 16 heavy (non-hydrogen) atoms. The molecule has 0 bridgehead atoms. The summed E-state index contributed by atoms with van der Waals surface area (Å²) < 4.78 is 13.1. The van der Waals surface area contributed by atoms with Crippen molar-refractivity contribution in [3.05, 3.63) is 35.6 Å². The molecule has 1 aromatic carbocycles. The standard InChI is InChI=1S/C13H18FNS/c1-10(11-3-2-4-12(14)9-11)15-13-5-7-16-8-6-13/h2-4,9-10,13,15H,5-8H2,1H3. The summed E-state index contributed by atoms with van der Waals surface area (Å²) in [5.74, 6) is 2.34. The first-order valence-corrected chi connectivity index (χ1v) is 7.00. The van der Waals surface area contributed by atoms with Crippen LogP contribution in [-0.4, -0.2) is 17.5 Å². The van der Waals surface area contributed by atoms with Crippen LogP contribution in [0.25, 0.3) is 0 Å². The Balaban J connectivity index is 1.94. The summed E-state index contributed by atoms with van der Waals surface area (Å²) in [6.07, 6.45) is 2.45. The molecule has 1 saturated heterocycles. The van der Waals surface area contributed by atoms with Crippen LogP contribution in [0.4, 0.5) is 4.39 Å². The second-order valence-corrected chi connectivity index (χ2v) is 5.55. The van der Waals surface area contributed by atoms with Crippen molar-refractivity contribution in [2.75, 3.05) is 11.5 Å². The molecule has 1 aromatic rings. The molecule has 1 fully saturated rings. The lowest BCUT2D eigenvalue weighted by Gasteiger charge is -2.26. The van der Waals surface area contributed by atoms with Crippen LogP contribution in [0.2, 0.25) is 0 Å². The third kappa shape index (κ3) is 3.22. The summed E-state index contributed by atoms with van der Waals surface area (Å²) in [7, 11) is 0. The fraction of sp³-hybridized carbons (Fsp3) is 0.538. The van der Waals surface area contributed by atoms with Crippen molar-refractivity contribution in [2.45, 2.75) is 31.8 Å². The van der Waals surface area contributed by atoms with Gasteiger partial charge in [-0.25, -0.2) is 4.39 Å². The highest BCUT2D eigenvalue weighted by atomic mass is 32.2. The van der Waals surface area contributed by atoms with Gasteiger partial charge < -0.3 is 5.32 Å². The van der Waals surface area contributed by atoms with Gasteiger partial charge in [0.15, 0.2) is 0 Å². The first-order chi connectivity index (χ1) is 7.75. The average Bonchev–Trinajstić information content (AvgIpc) is 2.30. The number of nitrogens with one attached hydrogen (secondary N) is 1. The van der Waals surface area contributed by atoms with Gasteiger partial charge in [-0.1, -0.05) is 12.1 Å². The minimum atomic E-state index is -0.148. The van der Waals surface area contributed by atoms with Crippen LogP contribution in [0.5, 0.6) is 0 Å². The van der Waals surface area contributed by atoms with Crippen LogP contribution in [0.15, 0.2) is 24.3 Å². The van der Waals surface area contributed by atoms with Crippen molar-refractivity contribution in [1.29, 1.82) is 0 Å². The Morgan fingerprint density at radius 1 is 1.38 bits per heavy atom. The maximum Gasteiger partial charge on any atom is 0.123 e. The second kappa shape index (κ2) is 5.69. The number of hydrogen-bond donors (Lipinski definition) is 1. The number of thioether (sulfide) groups is 1. The average molecular weight is 239 g/mol. The van der Waals surface area contributed by atoms with Crippen LogP contribution >= 0.6 is 11.8 Å². The Hall–Kier alpha value is -0.540. The molecule has 0 aromatic heterocycles. The van der Waals surface area contributed by atoms with Gasteiger partial charge in [-0.2, -0.15) is 11.8 Å². The lowest BCUT2D eigenvalue weighted by molar-refractivity contribution is 0.430. The molecule has 0 spiro atoms. The molecule has 1 nitrogen and oxygen atoms in total. The van der Waals surface area contributed by atoms with E-state index in [9.17, 15) is 4.39 Å². The quantitative estimate of drug-likeness (QED) is 0.868. The number of halogens is 1. The van der Waals surface area contributed by atoms with E-state index in [0.717, 1.165) is 5.56 Å². The molecular weight excluding hydrogens is 221 g/mol. The van der Waals surface area contributed by atoms with Crippen LogP contribution < -0.4 is 5.32 Å². The zero-order valence-corrected chi connectivity index (χ0v) is 10.4. The summed E-state index contributed by atoms with van der Waals surface area (Å²) in [6.45, 7) is 2.11. The van der Waals surface area contributed by atoms with Gasteiger partial charge in [-0.15, -0.1) is 0 Å². The topological polar surface area (TPSA) is 12.0 Å². The van der Waals surface area contributed by atoms with Crippen molar-refractivity contribution in [1.82, 2.24) is 5.32 Å². The van der Waals surface area contributed by atoms with Gasteiger partial charge in [0.2, 0.25) is 0 Å².